The van der Waals surface area contributed by atoms with Crippen LogP contribution in [0.25, 0.3) is 17.4 Å². The van der Waals surface area contributed by atoms with Crippen LogP contribution in [0.4, 0.5) is 0 Å². The van der Waals surface area contributed by atoms with E-state index in [0.717, 1.165) is 15.6 Å². The van der Waals surface area contributed by atoms with Crippen molar-refractivity contribution in [2.24, 2.45) is 4.99 Å². The number of rotatable bonds is 5. The average molecular weight is 607 g/mol. The number of nitrogens with zero attached hydrogens (tertiary/aromatic N) is 2. The zero-order chi connectivity index (χ0) is 27.3. The van der Waals surface area contributed by atoms with Crippen LogP contribution in [-0.4, -0.2) is 23.9 Å². The monoisotopic (exact) mass is 606 g/mol. The van der Waals surface area contributed by atoms with E-state index in [2.05, 4.69) is 20.9 Å². The highest BCUT2D eigenvalue weighted by Gasteiger charge is 2.34. The molecular formula is C29H23BrN2O6S. The number of carbonyl (C=O) groups is 1. The van der Waals surface area contributed by atoms with E-state index in [1.807, 2.05) is 43.3 Å². The van der Waals surface area contributed by atoms with Gasteiger partial charge in [0.25, 0.3) is 5.56 Å². The Hall–Kier alpha value is -3.89. The van der Waals surface area contributed by atoms with E-state index in [-0.39, 0.29) is 19.0 Å². The van der Waals surface area contributed by atoms with Crippen molar-refractivity contribution in [3.05, 3.63) is 101 Å². The Morgan fingerprint density at radius 2 is 1.97 bits per heavy atom. The van der Waals surface area contributed by atoms with Crippen LogP contribution in [0.3, 0.4) is 0 Å². The molecule has 4 heterocycles. The number of benzene rings is 2. The number of aryl methyl sites for hydroxylation is 1. The number of thiazole rings is 1. The van der Waals surface area contributed by atoms with Gasteiger partial charge in [-0.25, -0.2) is 9.79 Å². The van der Waals surface area contributed by atoms with Gasteiger partial charge >= 0.3 is 5.97 Å². The van der Waals surface area contributed by atoms with Gasteiger partial charge < -0.3 is 18.6 Å². The second-order valence-corrected chi connectivity index (χ2v) is 11.0. The van der Waals surface area contributed by atoms with Crippen molar-refractivity contribution in [2.45, 2.75) is 26.8 Å². The van der Waals surface area contributed by atoms with Gasteiger partial charge in [0, 0.05) is 16.1 Å². The van der Waals surface area contributed by atoms with Crippen molar-refractivity contribution in [1.82, 2.24) is 4.57 Å². The maximum absolute atomic E-state index is 13.8. The minimum atomic E-state index is -0.743. The van der Waals surface area contributed by atoms with Crippen LogP contribution in [0.5, 0.6) is 11.5 Å². The first kappa shape index (κ1) is 25.4. The summed E-state index contributed by atoms with van der Waals surface area (Å²) in [6.07, 6.45) is 1.70. The summed E-state index contributed by atoms with van der Waals surface area (Å²) in [6, 6.07) is 14.4. The topological polar surface area (TPSA) is 92.3 Å². The molecule has 0 spiro atoms. The Labute approximate surface area is 235 Å². The van der Waals surface area contributed by atoms with E-state index in [4.69, 9.17) is 18.6 Å². The van der Waals surface area contributed by atoms with Crippen molar-refractivity contribution in [1.29, 1.82) is 0 Å². The maximum Gasteiger partial charge on any atom is 0.338 e. The minimum absolute atomic E-state index is 0.117. The predicted molar refractivity (Wildman–Crippen MR) is 150 cm³/mol. The van der Waals surface area contributed by atoms with Crippen molar-refractivity contribution in [3.8, 4) is 22.8 Å². The van der Waals surface area contributed by atoms with Gasteiger partial charge in [-0.05, 0) is 68.3 Å². The zero-order valence-corrected chi connectivity index (χ0v) is 23.7. The molecule has 0 saturated carbocycles. The lowest BCUT2D eigenvalue weighted by Gasteiger charge is -2.24. The minimum Gasteiger partial charge on any atom is -0.463 e. The molecule has 1 atom stereocenters. The SMILES string of the molecule is CCOC(=O)C1=C(C)N=c2sc(=Cc3ccc(-c4ccc(C)cc4Br)o3)c(=O)n2[C@H]1c1ccc2c(c1)OCO2. The Bertz CT molecular complexity index is 1850. The quantitative estimate of drug-likeness (QED) is 0.301. The molecule has 4 aromatic rings. The van der Waals surface area contributed by atoms with Gasteiger partial charge in [0.2, 0.25) is 6.79 Å². The van der Waals surface area contributed by atoms with Crippen molar-refractivity contribution >= 4 is 39.3 Å². The van der Waals surface area contributed by atoms with Gasteiger partial charge in [0.15, 0.2) is 16.3 Å². The summed E-state index contributed by atoms with van der Waals surface area (Å²) in [6.45, 7) is 5.83. The average Bonchev–Trinajstić information content (AvgIpc) is 3.63. The molecular weight excluding hydrogens is 584 g/mol. The van der Waals surface area contributed by atoms with Gasteiger partial charge in [-0.2, -0.15) is 0 Å². The molecule has 0 N–H and O–H groups in total. The summed E-state index contributed by atoms with van der Waals surface area (Å²) in [5.41, 5.74) is 3.25. The van der Waals surface area contributed by atoms with Crippen LogP contribution in [0.1, 0.15) is 36.8 Å². The van der Waals surface area contributed by atoms with E-state index in [1.165, 1.54) is 15.9 Å². The molecule has 198 valence electrons. The molecule has 0 saturated heterocycles. The third-order valence-corrected chi connectivity index (χ3v) is 8.16. The van der Waals surface area contributed by atoms with Crippen LogP contribution in [0, 0.1) is 6.92 Å². The first-order valence-electron chi connectivity index (χ1n) is 12.3. The molecule has 10 heteroatoms. The summed E-state index contributed by atoms with van der Waals surface area (Å²) < 4.78 is 25.4. The highest BCUT2D eigenvalue weighted by atomic mass is 79.9. The molecule has 0 unspecified atom stereocenters. The van der Waals surface area contributed by atoms with Crippen molar-refractivity contribution in [2.75, 3.05) is 13.4 Å². The molecule has 2 aliphatic heterocycles. The Balaban J connectivity index is 1.48. The Morgan fingerprint density at radius 3 is 2.77 bits per heavy atom. The molecule has 0 radical (unpaired) electrons. The number of carbonyl (C=O) groups excluding carboxylic acids is 1. The lowest BCUT2D eigenvalue weighted by molar-refractivity contribution is -0.139. The van der Waals surface area contributed by atoms with Crippen molar-refractivity contribution < 1.29 is 23.4 Å². The molecule has 0 aliphatic carbocycles. The van der Waals surface area contributed by atoms with Gasteiger partial charge in [-0.15, -0.1) is 0 Å². The highest BCUT2D eigenvalue weighted by molar-refractivity contribution is 9.10. The maximum atomic E-state index is 13.8. The van der Waals surface area contributed by atoms with Gasteiger partial charge in [0.1, 0.15) is 11.5 Å². The van der Waals surface area contributed by atoms with Crippen LogP contribution >= 0.6 is 27.3 Å². The third kappa shape index (κ3) is 4.53. The standard InChI is InChI=1S/C29H23BrN2O6S/c1-4-35-28(34)25-16(3)31-29-32(26(25)17-6-9-22-23(12-17)37-14-36-22)27(33)24(39-29)13-18-7-10-21(38-18)19-8-5-15(2)11-20(19)30/h5-13,26H,4,14H2,1-3H3/t26-/m0/s1. The van der Waals surface area contributed by atoms with Gasteiger partial charge in [0.05, 0.1) is 28.5 Å². The van der Waals surface area contributed by atoms with E-state index in [0.29, 0.717) is 49.2 Å². The van der Waals surface area contributed by atoms with Crippen LogP contribution in [0.15, 0.2) is 78.5 Å². The van der Waals surface area contributed by atoms with Crippen molar-refractivity contribution in [3.63, 3.8) is 0 Å². The summed E-state index contributed by atoms with van der Waals surface area (Å²) in [4.78, 5) is 32.0. The second kappa shape index (κ2) is 10.0. The fourth-order valence-corrected chi connectivity index (χ4v) is 6.43. The number of hydrogen-bond donors (Lipinski definition) is 0. The van der Waals surface area contributed by atoms with Crippen LogP contribution in [0.2, 0.25) is 0 Å². The number of hydrogen-bond acceptors (Lipinski definition) is 8. The smallest absolute Gasteiger partial charge is 0.338 e. The number of furan rings is 1. The fraction of sp³-hybridized carbons (Fsp3) is 0.207. The number of halogens is 1. The fourth-order valence-electron chi connectivity index (χ4n) is 4.71. The number of aromatic nitrogens is 1. The second-order valence-electron chi connectivity index (χ2n) is 9.10. The van der Waals surface area contributed by atoms with E-state index in [1.54, 1.807) is 32.1 Å². The molecule has 6 rings (SSSR count). The van der Waals surface area contributed by atoms with Crippen LogP contribution in [-0.2, 0) is 9.53 Å². The third-order valence-electron chi connectivity index (χ3n) is 6.52. The summed E-state index contributed by atoms with van der Waals surface area (Å²) in [5, 5.41) is 0. The van der Waals surface area contributed by atoms with Gasteiger partial charge in [-0.3, -0.25) is 9.36 Å². The normalized spacial score (nSPS) is 16.3. The zero-order valence-electron chi connectivity index (χ0n) is 21.3. The van der Waals surface area contributed by atoms with E-state index in [9.17, 15) is 9.59 Å². The molecule has 0 fully saturated rings. The first-order chi connectivity index (χ1) is 18.8. The van der Waals surface area contributed by atoms with E-state index >= 15 is 0 Å². The molecule has 8 nitrogen and oxygen atoms in total. The predicted octanol–water partition coefficient (Wildman–Crippen LogP) is 4.86. The molecule has 39 heavy (non-hydrogen) atoms. The lowest BCUT2D eigenvalue weighted by Crippen LogP contribution is -2.39. The molecule has 2 aromatic heterocycles. The number of allylic oxidation sites excluding steroid dienone is 1. The molecule has 2 aromatic carbocycles. The number of fused-ring (bicyclic) bond motifs is 2. The van der Waals surface area contributed by atoms with Crippen LogP contribution < -0.4 is 24.4 Å². The largest absolute Gasteiger partial charge is 0.463 e. The van der Waals surface area contributed by atoms with Gasteiger partial charge in [-0.1, -0.05) is 39.4 Å². The number of ether oxygens (including phenoxy) is 3. The number of esters is 1. The molecule has 0 bridgehead atoms. The first-order valence-corrected chi connectivity index (χ1v) is 13.9. The summed E-state index contributed by atoms with van der Waals surface area (Å²) in [5.74, 6) is 1.86. The van der Waals surface area contributed by atoms with E-state index < -0.39 is 12.0 Å². The summed E-state index contributed by atoms with van der Waals surface area (Å²) >= 11 is 4.84. The molecule has 0 amide bonds. The molecule has 2 aliphatic rings. The highest BCUT2D eigenvalue weighted by Crippen LogP contribution is 2.38. The Morgan fingerprint density at radius 1 is 1.15 bits per heavy atom. The summed E-state index contributed by atoms with van der Waals surface area (Å²) in [7, 11) is 0. The Kier molecular flexibility index (Phi) is 6.52. The lowest BCUT2D eigenvalue weighted by atomic mass is 9.95.